The Balaban J connectivity index is 1.52. The van der Waals surface area contributed by atoms with Crippen LogP contribution in [0.3, 0.4) is 0 Å². The molecule has 0 radical (unpaired) electrons. The Morgan fingerprint density at radius 3 is 2.68 bits per heavy atom. The van der Waals surface area contributed by atoms with E-state index in [-0.39, 0.29) is 5.82 Å². The van der Waals surface area contributed by atoms with Crippen LogP contribution in [0.15, 0.2) is 59.0 Å². The molecule has 2 aromatic carbocycles. The van der Waals surface area contributed by atoms with E-state index in [4.69, 9.17) is 4.42 Å². The fraction of sp³-hybridized carbons (Fsp3) is 0.176. The van der Waals surface area contributed by atoms with Gasteiger partial charge in [0.1, 0.15) is 5.82 Å². The van der Waals surface area contributed by atoms with Gasteiger partial charge in [0, 0.05) is 5.56 Å². The summed E-state index contributed by atoms with van der Waals surface area (Å²) in [6.45, 7) is 1.32. The molecular formula is C17H16FN3O. The van der Waals surface area contributed by atoms with Gasteiger partial charge in [0.05, 0.1) is 6.54 Å². The number of hydrogen-bond donors (Lipinski definition) is 1. The van der Waals surface area contributed by atoms with E-state index in [1.54, 1.807) is 12.1 Å². The molecule has 112 valence electrons. The number of rotatable bonds is 6. The summed E-state index contributed by atoms with van der Waals surface area (Å²) in [5.41, 5.74) is 1.86. The van der Waals surface area contributed by atoms with Crippen molar-refractivity contribution in [3.8, 4) is 11.5 Å². The molecule has 0 aliphatic rings. The van der Waals surface area contributed by atoms with Crippen molar-refractivity contribution in [1.82, 2.24) is 15.5 Å². The van der Waals surface area contributed by atoms with Crippen molar-refractivity contribution in [2.24, 2.45) is 0 Å². The highest BCUT2D eigenvalue weighted by atomic mass is 19.1. The van der Waals surface area contributed by atoms with Crippen LogP contribution in [-0.4, -0.2) is 16.7 Å². The Hall–Kier alpha value is -2.53. The van der Waals surface area contributed by atoms with Gasteiger partial charge in [-0.2, -0.15) is 0 Å². The maximum Gasteiger partial charge on any atom is 0.247 e. The van der Waals surface area contributed by atoms with E-state index in [1.165, 1.54) is 17.7 Å². The summed E-state index contributed by atoms with van der Waals surface area (Å²) in [7, 11) is 0. The number of halogens is 1. The molecule has 0 amide bonds. The van der Waals surface area contributed by atoms with Crippen LogP contribution in [0.5, 0.6) is 0 Å². The van der Waals surface area contributed by atoms with Crippen LogP contribution in [0.4, 0.5) is 4.39 Å². The molecule has 0 unspecified atom stereocenters. The SMILES string of the molecule is Fc1cccc(-c2nnc(CNCCc3ccccc3)o2)c1. The zero-order chi connectivity index (χ0) is 15.2. The summed E-state index contributed by atoms with van der Waals surface area (Å²) in [5, 5.41) is 11.2. The van der Waals surface area contributed by atoms with Crippen molar-refractivity contribution in [3.63, 3.8) is 0 Å². The molecule has 0 atom stereocenters. The maximum atomic E-state index is 13.2. The Kier molecular flexibility index (Phi) is 4.56. The minimum atomic E-state index is -0.321. The number of nitrogens with one attached hydrogen (secondary N) is 1. The minimum Gasteiger partial charge on any atom is -0.419 e. The zero-order valence-corrected chi connectivity index (χ0v) is 12.0. The molecule has 0 aliphatic carbocycles. The zero-order valence-electron chi connectivity index (χ0n) is 12.0. The van der Waals surface area contributed by atoms with Crippen LogP contribution in [0.25, 0.3) is 11.5 Å². The molecule has 1 N–H and O–H groups in total. The van der Waals surface area contributed by atoms with E-state index < -0.39 is 0 Å². The van der Waals surface area contributed by atoms with Crippen LogP contribution in [-0.2, 0) is 13.0 Å². The van der Waals surface area contributed by atoms with Gasteiger partial charge in [0.15, 0.2) is 0 Å². The first-order chi connectivity index (χ1) is 10.8. The van der Waals surface area contributed by atoms with Crippen LogP contribution < -0.4 is 5.32 Å². The van der Waals surface area contributed by atoms with Crippen molar-refractivity contribution in [2.45, 2.75) is 13.0 Å². The Bertz CT molecular complexity index is 728. The monoisotopic (exact) mass is 297 g/mol. The van der Waals surface area contributed by atoms with E-state index in [1.807, 2.05) is 18.2 Å². The highest BCUT2D eigenvalue weighted by Crippen LogP contribution is 2.18. The van der Waals surface area contributed by atoms with E-state index in [0.29, 0.717) is 23.9 Å². The molecule has 0 saturated carbocycles. The quantitative estimate of drug-likeness (QED) is 0.710. The van der Waals surface area contributed by atoms with Crippen molar-refractivity contribution in [3.05, 3.63) is 71.9 Å². The Morgan fingerprint density at radius 1 is 1.00 bits per heavy atom. The first-order valence-electron chi connectivity index (χ1n) is 7.14. The lowest BCUT2D eigenvalue weighted by atomic mass is 10.1. The summed E-state index contributed by atoms with van der Waals surface area (Å²) in [6.07, 6.45) is 0.936. The second-order valence-corrected chi connectivity index (χ2v) is 4.92. The largest absolute Gasteiger partial charge is 0.419 e. The van der Waals surface area contributed by atoms with Gasteiger partial charge < -0.3 is 9.73 Å². The van der Waals surface area contributed by atoms with E-state index in [9.17, 15) is 4.39 Å². The summed E-state index contributed by atoms with van der Waals surface area (Å²) in [6, 6.07) is 16.4. The second kappa shape index (κ2) is 6.95. The predicted molar refractivity (Wildman–Crippen MR) is 81.5 cm³/mol. The molecule has 4 nitrogen and oxygen atoms in total. The minimum absolute atomic E-state index is 0.321. The fourth-order valence-electron chi connectivity index (χ4n) is 2.14. The molecule has 0 aliphatic heterocycles. The predicted octanol–water partition coefficient (Wildman–Crippen LogP) is 3.21. The molecular weight excluding hydrogens is 281 g/mol. The molecule has 0 bridgehead atoms. The van der Waals surface area contributed by atoms with Gasteiger partial charge >= 0.3 is 0 Å². The van der Waals surface area contributed by atoms with Gasteiger partial charge in [-0.3, -0.25) is 0 Å². The molecule has 1 heterocycles. The topological polar surface area (TPSA) is 51.0 Å². The van der Waals surface area contributed by atoms with E-state index in [2.05, 4.69) is 27.6 Å². The first kappa shape index (κ1) is 14.4. The summed E-state index contributed by atoms with van der Waals surface area (Å²) >= 11 is 0. The number of aromatic nitrogens is 2. The number of nitrogens with zero attached hydrogens (tertiary/aromatic N) is 2. The Morgan fingerprint density at radius 2 is 1.86 bits per heavy atom. The summed E-state index contributed by atoms with van der Waals surface area (Å²) in [4.78, 5) is 0. The van der Waals surface area contributed by atoms with Gasteiger partial charge in [-0.25, -0.2) is 4.39 Å². The van der Waals surface area contributed by atoms with Gasteiger partial charge in [0.25, 0.3) is 0 Å². The van der Waals surface area contributed by atoms with Crippen molar-refractivity contribution in [1.29, 1.82) is 0 Å². The maximum absolute atomic E-state index is 13.2. The fourth-order valence-corrected chi connectivity index (χ4v) is 2.14. The summed E-state index contributed by atoms with van der Waals surface area (Å²) < 4.78 is 18.7. The molecule has 5 heteroatoms. The number of benzene rings is 2. The van der Waals surface area contributed by atoms with Crippen molar-refractivity contribution < 1.29 is 8.81 Å². The molecule has 22 heavy (non-hydrogen) atoms. The summed E-state index contributed by atoms with van der Waals surface area (Å²) in [5.74, 6) is 0.505. The van der Waals surface area contributed by atoms with Crippen LogP contribution in [0, 0.1) is 5.82 Å². The second-order valence-electron chi connectivity index (χ2n) is 4.92. The lowest BCUT2D eigenvalue weighted by Crippen LogP contribution is -2.16. The average Bonchev–Trinajstić information content (AvgIpc) is 3.02. The molecule has 1 aromatic heterocycles. The molecule has 3 rings (SSSR count). The van der Waals surface area contributed by atoms with E-state index in [0.717, 1.165) is 13.0 Å². The van der Waals surface area contributed by atoms with Crippen LogP contribution in [0.2, 0.25) is 0 Å². The van der Waals surface area contributed by atoms with Crippen LogP contribution in [0.1, 0.15) is 11.5 Å². The standard InChI is InChI=1S/C17H16FN3O/c18-15-8-4-7-14(11-15)17-21-20-16(22-17)12-19-10-9-13-5-2-1-3-6-13/h1-8,11,19H,9-10,12H2. The van der Waals surface area contributed by atoms with Crippen LogP contribution >= 0.6 is 0 Å². The molecule has 0 spiro atoms. The van der Waals surface area contributed by atoms with Gasteiger partial charge in [-0.1, -0.05) is 36.4 Å². The highest BCUT2D eigenvalue weighted by molar-refractivity contribution is 5.52. The lowest BCUT2D eigenvalue weighted by molar-refractivity contribution is 0.478. The van der Waals surface area contributed by atoms with Gasteiger partial charge in [0.2, 0.25) is 11.8 Å². The van der Waals surface area contributed by atoms with E-state index >= 15 is 0 Å². The smallest absolute Gasteiger partial charge is 0.247 e. The van der Waals surface area contributed by atoms with Crippen molar-refractivity contribution in [2.75, 3.05) is 6.54 Å². The highest BCUT2D eigenvalue weighted by Gasteiger charge is 2.08. The molecule has 0 fully saturated rings. The Labute approximate surface area is 128 Å². The third-order valence-electron chi connectivity index (χ3n) is 3.25. The average molecular weight is 297 g/mol. The first-order valence-corrected chi connectivity index (χ1v) is 7.14. The number of hydrogen-bond acceptors (Lipinski definition) is 4. The normalized spacial score (nSPS) is 10.8. The van der Waals surface area contributed by atoms with Gasteiger partial charge in [-0.15, -0.1) is 10.2 Å². The third kappa shape index (κ3) is 3.77. The van der Waals surface area contributed by atoms with Gasteiger partial charge in [-0.05, 0) is 36.7 Å². The third-order valence-corrected chi connectivity index (χ3v) is 3.25. The molecule has 3 aromatic rings. The lowest BCUT2D eigenvalue weighted by Gasteiger charge is -2.02. The molecule has 0 saturated heterocycles. The van der Waals surface area contributed by atoms with Crippen molar-refractivity contribution >= 4 is 0 Å².